The van der Waals surface area contributed by atoms with Crippen LogP contribution in [0.25, 0.3) is 0 Å². The second-order valence-corrected chi connectivity index (χ2v) is 8.12. The van der Waals surface area contributed by atoms with Crippen molar-refractivity contribution in [2.75, 3.05) is 29.1 Å². The maximum absolute atomic E-state index is 11.8. The van der Waals surface area contributed by atoms with Gasteiger partial charge < -0.3 is 10.2 Å². The van der Waals surface area contributed by atoms with Crippen LogP contribution in [0.3, 0.4) is 0 Å². The Morgan fingerprint density at radius 3 is 2.43 bits per heavy atom. The Balaban J connectivity index is 1.63. The second kappa shape index (κ2) is 6.62. The molecule has 1 saturated heterocycles. The number of nitrogens with zero attached hydrogens (tertiary/aromatic N) is 1. The number of nitrogens with one attached hydrogen (secondary N) is 1. The fourth-order valence-corrected chi connectivity index (χ4v) is 3.80. The van der Waals surface area contributed by atoms with Crippen molar-refractivity contribution in [2.24, 2.45) is 0 Å². The van der Waals surface area contributed by atoms with Crippen molar-refractivity contribution in [3.05, 3.63) is 54.6 Å². The van der Waals surface area contributed by atoms with Crippen LogP contribution >= 0.6 is 0 Å². The number of hydrogen-bond acceptors (Lipinski definition) is 4. The van der Waals surface area contributed by atoms with Gasteiger partial charge in [0, 0.05) is 30.5 Å². The largest absolute Gasteiger partial charge is 0.380 e. The van der Waals surface area contributed by atoms with E-state index >= 15 is 0 Å². The van der Waals surface area contributed by atoms with Gasteiger partial charge in [0.15, 0.2) is 9.84 Å². The minimum Gasteiger partial charge on any atom is -0.380 e. The Morgan fingerprint density at radius 1 is 1.09 bits per heavy atom. The highest BCUT2D eigenvalue weighted by atomic mass is 32.2. The molecular weight excluding hydrogens is 308 g/mol. The molecule has 0 spiro atoms. The topological polar surface area (TPSA) is 49.4 Å². The summed E-state index contributed by atoms with van der Waals surface area (Å²) in [6.45, 7) is 3.65. The van der Waals surface area contributed by atoms with E-state index in [1.807, 2.05) is 18.2 Å². The number of hydrogen-bond donors (Lipinski definition) is 1. The van der Waals surface area contributed by atoms with Crippen LogP contribution in [0.1, 0.15) is 13.3 Å². The van der Waals surface area contributed by atoms with E-state index in [0.29, 0.717) is 10.9 Å². The first-order chi connectivity index (χ1) is 11.1. The lowest BCUT2D eigenvalue weighted by atomic mass is 10.2. The van der Waals surface area contributed by atoms with E-state index in [1.165, 1.54) is 5.69 Å². The molecule has 1 heterocycles. The van der Waals surface area contributed by atoms with Crippen molar-refractivity contribution in [3.63, 3.8) is 0 Å². The van der Waals surface area contributed by atoms with E-state index in [0.717, 1.165) is 25.2 Å². The molecule has 122 valence electrons. The highest BCUT2D eigenvalue weighted by Gasteiger charge is 2.22. The van der Waals surface area contributed by atoms with Crippen LogP contribution in [0, 0.1) is 0 Å². The van der Waals surface area contributed by atoms with Crippen molar-refractivity contribution >= 4 is 21.2 Å². The molecule has 1 atom stereocenters. The molecule has 0 amide bonds. The average Bonchev–Trinajstić information content (AvgIpc) is 3.05. The van der Waals surface area contributed by atoms with E-state index in [9.17, 15) is 8.42 Å². The Bertz CT molecular complexity index is 742. The molecule has 0 bridgehead atoms. The summed E-state index contributed by atoms with van der Waals surface area (Å²) >= 11 is 0. The monoisotopic (exact) mass is 330 g/mol. The molecule has 5 heteroatoms. The molecule has 0 aliphatic carbocycles. The van der Waals surface area contributed by atoms with Crippen LogP contribution in [0.2, 0.25) is 0 Å². The Kier molecular flexibility index (Phi) is 4.57. The Hall–Kier alpha value is -2.01. The number of para-hydroxylation sites is 1. The molecule has 0 saturated carbocycles. The molecule has 1 unspecified atom stereocenters. The highest BCUT2D eigenvalue weighted by Crippen LogP contribution is 2.23. The van der Waals surface area contributed by atoms with E-state index in [2.05, 4.69) is 34.5 Å². The highest BCUT2D eigenvalue weighted by molar-refractivity contribution is 7.91. The van der Waals surface area contributed by atoms with Gasteiger partial charge in [0.25, 0.3) is 0 Å². The van der Waals surface area contributed by atoms with Gasteiger partial charge in [0.05, 0.1) is 10.6 Å². The number of benzene rings is 2. The summed E-state index contributed by atoms with van der Waals surface area (Å²) in [5.74, 6) is 0.133. The van der Waals surface area contributed by atoms with Gasteiger partial charge in [-0.2, -0.15) is 0 Å². The quantitative estimate of drug-likeness (QED) is 0.915. The molecule has 3 rings (SSSR count). The third-order valence-corrected chi connectivity index (χ3v) is 6.02. The van der Waals surface area contributed by atoms with Gasteiger partial charge in [-0.15, -0.1) is 0 Å². The predicted molar refractivity (Wildman–Crippen MR) is 94.9 cm³/mol. The maximum Gasteiger partial charge on any atom is 0.178 e. The molecule has 1 aliphatic rings. The summed E-state index contributed by atoms with van der Waals surface area (Å²) < 4.78 is 23.7. The zero-order valence-electron chi connectivity index (χ0n) is 13.3. The molecule has 1 fully saturated rings. The fourth-order valence-electron chi connectivity index (χ4n) is 2.91. The summed E-state index contributed by atoms with van der Waals surface area (Å²) in [7, 11) is -3.12. The van der Waals surface area contributed by atoms with Crippen molar-refractivity contribution in [3.8, 4) is 0 Å². The lowest BCUT2D eigenvalue weighted by Crippen LogP contribution is -2.25. The average molecular weight is 330 g/mol. The van der Waals surface area contributed by atoms with Gasteiger partial charge >= 0.3 is 0 Å². The van der Waals surface area contributed by atoms with Crippen LogP contribution in [-0.2, 0) is 9.84 Å². The number of rotatable bonds is 5. The molecule has 2 aromatic rings. The molecular formula is C18H22N2O2S. The molecule has 0 aromatic heterocycles. The van der Waals surface area contributed by atoms with Gasteiger partial charge in [-0.05, 0) is 42.8 Å². The van der Waals surface area contributed by atoms with E-state index < -0.39 is 9.84 Å². The number of sulfone groups is 1. The third kappa shape index (κ3) is 3.67. The summed E-state index contributed by atoms with van der Waals surface area (Å²) in [4.78, 5) is 2.76. The molecule has 1 N–H and O–H groups in total. The van der Waals surface area contributed by atoms with Crippen molar-refractivity contribution in [1.29, 1.82) is 0 Å². The summed E-state index contributed by atoms with van der Waals surface area (Å²) in [6.07, 6.45) is 1.07. The zero-order valence-corrected chi connectivity index (χ0v) is 14.1. The lowest BCUT2D eigenvalue weighted by molar-refractivity contribution is 0.597. The van der Waals surface area contributed by atoms with Crippen LogP contribution in [0.5, 0.6) is 0 Å². The summed E-state index contributed by atoms with van der Waals surface area (Å²) in [6, 6.07) is 17.9. The van der Waals surface area contributed by atoms with Gasteiger partial charge in [0.2, 0.25) is 0 Å². The molecule has 4 nitrogen and oxygen atoms in total. The van der Waals surface area contributed by atoms with Crippen molar-refractivity contribution in [2.45, 2.75) is 24.3 Å². The minimum absolute atomic E-state index is 0.133. The maximum atomic E-state index is 11.8. The molecule has 2 aromatic carbocycles. The molecule has 1 aliphatic heterocycles. The van der Waals surface area contributed by atoms with Gasteiger partial charge in [-0.25, -0.2) is 8.42 Å². The lowest BCUT2D eigenvalue weighted by Gasteiger charge is -2.19. The predicted octanol–water partition coefficient (Wildman–Crippen LogP) is 3.17. The van der Waals surface area contributed by atoms with Crippen LogP contribution in [0.15, 0.2) is 59.5 Å². The fraction of sp³-hybridized carbons (Fsp3) is 0.333. The summed E-state index contributed by atoms with van der Waals surface area (Å²) in [5.41, 5.74) is 2.22. The Morgan fingerprint density at radius 2 is 1.78 bits per heavy atom. The third-order valence-electron chi connectivity index (χ3n) is 4.27. The normalized spacial score (nSPS) is 18.1. The molecule has 23 heavy (non-hydrogen) atoms. The van der Waals surface area contributed by atoms with Crippen LogP contribution in [0.4, 0.5) is 11.4 Å². The van der Waals surface area contributed by atoms with E-state index in [1.54, 1.807) is 19.1 Å². The number of anilines is 2. The molecule has 0 radical (unpaired) electrons. The van der Waals surface area contributed by atoms with Crippen molar-refractivity contribution < 1.29 is 8.42 Å². The smallest absolute Gasteiger partial charge is 0.178 e. The van der Waals surface area contributed by atoms with E-state index in [4.69, 9.17) is 0 Å². The van der Waals surface area contributed by atoms with Crippen molar-refractivity contribution in [1.82, 2.24) is 0 Å². The zero-order chi connectivity index (χ0) is 16.3. The minimum atomic E-state index is -3.12. The Labute approximate surface area is 138 Å². The SMILES string of the molecule is CCS(=O)(=O)c1ccc(NC2CCN(c3ccccc3)C2)cc1. The first-order valence-electron chi connectivity index (χ1n) is 7.98. The van der Waals surface area contributed by atoms with Gasteiger partial charge in [-0.1, -0.05) is 25.1 Å². The second-order valence-electron chi connectivity index (χ2n) is 5.84. The van der Waals surface area contributed by atoms with E-state index in [-0.39, 0.29) is 5.75 Å². The van der Waals surface area contributed by atoms with Crippen LogP contribution < -0.4 is 10.2 Å². The standard InChI is InChI=1S/C18H22N2O2S/c1-2-23(21,22)18-10-8-15(9-11-18)19-16-12-13-20(14-16)17-6-4-3-5-7-17/h3-11,16,19H,2,12-14H2,1H3. The van der Waals surface area contributed by atoms with Crippen LogP contribution in [-0.4, -0.2) is 33.3 Å². The van der Waals surface area contributed by atoms with Gasteiger partial charge in [0.1, 0.15) is 0 Å². The first kappa shape index (κ1) is 15.9. The first-order valence-corrected chi connectivity index (χ1v) is 9.63. The summed E-state index contributed by atoms with van der Waals surface area (Å²) in [5, 5.41) is 3.50. The van der Waals surface area contributed by atoms with Gasteiger partial charge in [-0.3, -0.25) is 0 Å².